The summed E-state index contributed by atoms with van der Waals surface area (Å²) in [4.78, 5) is 11.4. The zero-order chi connectivity index (χ0) is 8.97. The molecule has 12 heavy (non-hydrogen) atoms. The van der Waals surface area contributed by atoms with Gasteiger partial charge in [0.15, 0.2) is 0 Å². The Kier molecular flexibility index (Phi) is 3.49. The van der Waals surface area contributed by atoms with E-state index >= 15 is 0 Å². The van der Waals surface area contributed by atoms with Gasteiger partial charge >= 0.3 is 0 Å². The van der Waals surface area contributed by atoms with Gasteiger partial charge in [-0.15, -0.1) is 0 Å². The lowest BCUT2D eigenvalue weighted by Gasteiger charge is -2.23. The minimum absolute atomic E-state index is 0.0321. The topological polar surface area (TPSA) is 50.4 Å². The summed E-state index contributed by atoms with van der Waals surface area (Å²) in [5, 5.41) is 5.92. The third-order valence-corrected chi connectivity index (χ3v) is 1.67. The molecule has 0 bridgehead atoms. The zero-order valence-corrected chi connectivity index (χ0v) is 7.59. The normalized spacial score (nSPS) is 24.1. The molecule has 1 rings (SSSR count). The first-order valence-electron chi connectivity index (χ1n) is 4.31. The molecule has 0 unspecified atom stereocenters. The Morgan fingerprint density at radius 2 is 2.42 bits per heavy atom. The smallest absolute Gasteiger partial charge is 0.239 e. The molecule has 1 fully saturated rings. The van der Waals surface area contributed by atoms with Crippen molar-refractivity contribution in [2.45, 2.75) is 25.9 Å². The molecular weight excluding hydrogens is 156 g/mol. The van der Waals surface area contributed by atoms with E-state index in [1.165, 1.54) is 0 Å². The summed E-state index contributed by atoms with van der Waals surface area (Å²) in [5.74, 6) is 0.0321. The van der Waals surface area contributed by atoms with E-state index in [4.69, 9.17) is 4.74 Å². The number of carbonyl (C=O) groups is 1. The molecular formula is C8H16N2O2. The van der Waals surface area contributed by atoms with Gasteiger partial charge in [-0.2, -0.15) is 0 Å². The second kappa shape index (κ2) is 4.42. The molecule has 0 spiro atoms. The lowest BCUT2D eigenvalue weighted by Crippen LogP contribution is -2.52. The van der Waals surface area contributed by atoms with Crippen molar-refractivity contribution >= 4 is 5.91 Å². The number of amides is 1. The monoisotopic (exact) mass is 172 g/mol. The predicted molar refractivity (Wildman–Crippen MR) is 45.9 cm³/mol. The fraction of sp³-hybridized carbons (Fsp3) is 0.875. The van der Waals surface area contributed by atoms with Crippen molar-refractivity contribution in [1.82, 2.24) is 10.6 Å². The van der Waals surface area contributed by atoms with Crippen LogP contribution in [0.1, 0.15) is 13.8 Å². The molecule has 1 aliphatic rings. The number of hydrogen-bond donors (Lipinski definition) is 2. The Labute approximate surface area is 72.7 Å². The molecule has 0 aliphatic carbocycles. The van der Waals surface area contributed by atoms with Crippen LogP contribution in [0.25, 0.3) is 0 Å². The van der Waals surface area contributed by atoms with E-state index in [9.17, 15) is 4.79 Å². The van der Waals surface area contributed by atoms with Crippen molar-refractivity contribution < 1.29 is 9.53 Å². The quantitative estimate of drug-likeness (QED) is 0.590. The molecule has 0 aromatic rings. The summed E-state index contributed by atoms with van der Waals surface area (Å²) in [6, 6.07) is 0.0300. The maximum atomic E-state index is 11.4. The van der Waals surface area contributed by atoms with Crippen LogP contribution < -0.4 is 10.6 Å². The Hall–Kier alpha value is -0.610. The number of ether oxygens (including phenoxy) is 1. The van der Waals surface area contributed by atoms with Crippen LogP contribution in [0.3, 0.4) is 0 Å². The van der Waals surface area contributed by atoms with Gasteiger partial charge in [0.2, 0.25) is 5.91 Å². The van der Waals surface area contributed by atoms with Crippen molar-refractivity contribution in [3.63, 3.8) is 0 Å². The molecule has 2 N–H and O–H groups in total. The minimum Gasteiger partial charge on any atom is -0.378 e. The van der Waals surface area contributed by atoms with Gasteiger partial charge in [0.25, 0.3) is 0 Å². The van der Waals surface area contributed by atoms with Crippen LogP contribution in [0.4, 0.5) is 0 Å². The van der Waals surface area contributed by atoms with E-state index < -0.39 is 0 Å². The van der Waals surface area contributed by atoms with Gasteiger partial charge in [0.1, 0.15) is 6.04 Å². The van der Waals surface area contributed by atoms with Gasteiger partial charge in [0, 0.05) is 12.6 Å². The maximum absolute atomic E-state index is 11.4. The second-order valence-corrected chi connectivity index (χ2v) is 3.24. The number of rotatable bonds is 2. The molecule has 1 saturated heterocycles. The van der Waals surface area contributed by atoms with Crippen LogP contribution in [-0.2, 0) is 9.53 Å². The van der Waals surface area contributed by atoms with Gasteiger partial charge in [-0.05, 0) is 13.8 Å². The summed E-state index contributed by atoms with van der Waals surface area (Å²) in [6.07, 6.45) is 0. The molecule has 1 amide bonds. The lowest BCUT2D eigenvalue weighted by atomic mass is 10.2. The van der Waals surface area contributed by atoms with Gasteiger partial charge in [-0.3, -0.25) is 4.79 Å². The molecule has 4 heteroatoms. The fourth-order valence-electron chi connectivity index (χ4n) is 1.12. The highest BCUT2D eigenvalue weighted by Crippen LogP contribution is 1.93. The Balaban J connectivity index is 2.30. The first-order chi connectivity index (χ1) is 5.70. The van der Waals surface area contributed by atoms with Crippen molar-refractivity contribution in [1.29, 1.82) is 0 Å². The average Bonchev–Trinajstić information content (AvgIpc) is 2.05. The second-order valence-electron chi connectivity index (χ2n) is 3.24. The summed E-state index contributed by atoms with van der Waals surface area (Å²) in [5.41, 5.74) is 0. The SMILES string of the molecule is CC(C)NC(=O)[C@H]1COCCN1. The van der Waals surface area contributed by atoms with Crippen molar-refractivity contribution in [3.05, 3.63) is 0 Å². The van der Waals surface area contributed by atoms with Crippen LogP contribution in [0.5, 0.6) is 0 Å². The van der Waals surface area contributed by atoms with E-state index in [1.807, 2.05) is 13.8 Å². The van der Waals surface area contributed by atoms with Crippen LogP contribution in [0.15, 0.2) is 0 Å². The first kappa shape index (κ1) is 9.48. The van der Waals surface area contributed by atoms with Crippen molar-refractivity contribution in [3.8, 4) is 0 Å². The minimum atomic E-state index is -0.166. The molecule has 0 radical (unpaired) electrons. The van der Waals surface area contributed by atoms with E-state index in [-0.39, 0.29) is 18.0 Å². The summed E-state index contributed by atoms with van der Waals surface area (Å²) >= 11 is 0. The van der Waals surface area contributed by atoms with Gasteiger partial charge in [-0.25, -0.2) is 0 Å². The van der Waals surface area contributed by atoms with E-state index in [2.05, 4.69) is 10.6 Å². The lowest BCUT2D eigenvalue weighted by molar-refractivity contribution is -0.126. The number of carbonyl (C=O) groups excluding carboxylic acids is 1. The number of morpholine rings is 1. The fourth-order valence-corrected chi connectivity index (χ4v) is 1.12. The molecule has 1 heterocycles. The molecule has 70 valence electrons. The zero-order valence-electron chi connectivity index (χ0n) is 7.59. The summed E-state index contributed by atoms with van der Waals surface area (Å²) < 4.78 is 5.16. The number of nitrogens with one attached hydrogen (secondary N) is 2. The Bertz CT molecular complexity index is 153. The standard InChI is InChI=1S/C8H16N2O2/c1-6(2)10-8(11)7-5-12-4-3-9-7/h6-7,9H,3-5H2,1-2H3,(H,10,11)/t7-/m1/s1. The van der Waals surface area contributed by atoms with Crippen LogP contribution in [0.2, 0.25) is 0 Å². The molecule has 4 nitrogen and oxygen atoms in total. The highest BCUT2D eigenvalue weighted by molar-refractivity contribution is 5.82. The van der Waals surface area contributed by atoms with Crippen molar-refractivity contribution in [2.24, 2.45) is 0 Å². The molecule has 0 saturated carbocycles. The van der Waals surface area contributed by atoms with Crippen LogP contribution >= 0.6 is 0 Å². The predicted octanol–water partition coefficient (Wildman–Crippen LogP) is -0.501. The molecule has 0 aromatic heterocycles. The molecule has 1 aliphatic heterocycles. The maximum Gasteiger partial charge on any atom is 0.239 e. The molecule has 1 atom stereocenters. The third kappa shape index (κ3) is 2.79. The first-order valence-corrected chi connectivity index (χ1v) is 4.31. The Morgan fingerprint density at radius 3 is 2.92 bits per heavy atom. The third-order valence-electron chi connectivity index (χ3n) is 1.67. The largest absolute Gasteiger partial charge is 0.378 e. The highest BCUT2D eigenvalue weighted by atomic mass is 16.5. The van der Waals surface area contributed by atoms with Gasteiger partial charge in [0.05, 0.1) is 13.2 Å². The van der Waals surface area contributed by atoms with Gasteiger partial charge < -0.3 is 15.4 Å². The van der Waals surface area contributed by atoms with Crippen molar-refractivity contribution in [2.75, 3.05) is 19.8 Å². The van der Waals surface area contributed by atoms with E-state index in [0.29, 0.717) is 13.2 Å². The van der Waals surface area contributed by atoms with Crippen LogP contribution in [0, 0.1) is 0 Å². The average molecular weight is 172 g/mol. The van der Waals surface area contributed by atoms with Crippen LogP contribution in [-0.4, -0.2) is 37.7 Å². The van der Waals surface area contributed by atoms with Gasteiger partial charge in [-0.1, -0.05) is 0 Å². The Morgan fingerprint density at radius 1 is 1.67 bits per heavy atom. The summed E-state index contributed by atoms with van der Waals surface area (Å²) in [7, 11) is 0. The van der Waals surface area contributed by atoms with E-state index in [0.717, 1.165) is 6.54 Å². The highest BCUT2D eigenvalue weighted by Gasteiger charge is 2.20. The van der Waals surface area contributed by atoms with E-state index in [1.54, 1.807) is 0 Å². The summed E-state index contributed by atoms with van der Waals surface area (Å²) in [6.45, 7) is 5.84. The number of hydrogen-bond acceptors (Lipinski definition) is 3. The molecule has 0 aromatic carbocycles.